The van der Waals surface area contributed by atoms with Gasteiger partial charge in [-0.25, -0.2) is 4.39 Å². The Morgan fingerprint density at radius 2 is 2.08 bits per heavy atom. The van der Waals surface area contributed by atoms with Gasteiger partial charge < -0.3 is 5.32 Å². The molecule has 1 N–H and O–H groups in total. The fourth-order valence-corrected chi connectivity index (χ4v) is 2.33. The molecule has 0 spiro atoms. The Balaban J connectivity index is 2.17. The van der Waals surface area contributed by atoms with E-state index in [1.807, 2.05) is 23.9 Å². The quantitative estimate of drug-likeness (QED) is 0.716. The molecule has 1 aromatic rings. The molecule has 1 aliphatic heterocycles. The summed E-state index contributed by atoms with van der Waals surface area (Å²) in [5.74, 6) is 0.976. The van der Waals surface area contributed by atoms with Crippen LogP contribution in [0.1, 0.15) is 10.9 Å². The van der Waals surface area contributed by atoms with Crippen LogP contribution in [0.5, 0.6) is 0 Å². The van der Waals surface area contributed by atoms with Gasteiger partial charge in [-0.2, -0.15) is 0 Å². The van der Waals surface area contributed by atoms with Crippen molar-refractivity contribution in [3.8, 4) is 0 Å². The zero-order chi connectivity index (χ0) is 8.39. The summed E-state index contributed by atoms with van der Waals surface area (Å²) in [6, 6.07) is 6.70. The van der Waals surface area contributed by atoms with Crippen LogP contribution in [0.25, 0.3) is 0 Å². The lowest BCUT2D eigenvalue weighted by atomic mass is 10.2. The Bertz CT molecular complexity index is 254. The zero-order valence-electron chi connectivity index (χ0n) is 6.59. The van der Waals surface area contributed by atoms with Crippen LogP contribution in [0.3, 0.4) is 0 Å². The van der Waals surface area contributed by atoms with Gasteiger partial charge in [-0.1, -0.05) is 12.1 Å². The summed E-state index contributed by atoms with van der Waals surface area (Å²) >= 11 is 1.87. The second kappa shape index (κ2) is 3.46. The van der Waals surface area contributed by atoms with E-state index in [0.29, 0.717) is 5.37 Å². The van der Waals surface area contributed by atoms with Crippen LogP contribution < -0.4 is 5.32 Å². The number of hydrogen-bond acceptors (Lipinski definition) is 2. The number of halogens is 1. The van der Waals surface area contributed by atoms with E-state index in [2.05, 4.69) is 5.32 Å². The van der Waals surface area contributed by atoms with Gasteiger partial charge in [-0.15, -0.1) is 11.8 Å². The third-order valence-electron chi connectivity index (χ3n) is 1.89. The largest absolute Gasteiger partial charge is 0.301 e. The topological polar surface area (TPSA) is 12.0 Å². The molecule has 1 heterocycles. The van der Waals surface area contributed by atoms with Crippen LogP contribution in [0.15, 0.2) is 24.3 Å². The highest BCUT2D eigenvalue weighted by Gasteiger charge is 2.15. The number of benzene rings is 1. The molecule has 1 aromatic carbocycles. The van der Waals surface area contributed by atoms with Gasteiger partial charge in [0.15, 0.2) is 0 Å². The van der Waals surface area contributed by atoms with Crippen molar-refractivity contribution in [1.82, 2.24) is 5.32 Å². The molecule has 64 valence electrons. The first kappa shape index (κ1) is 8.08. The number of thioether (sulfide) groups is 1. The predicted molar refractivity (Wildman–Crippen MR) is 49.6 cm³/mol. The number of nitrogens with one attached hydrogen (secondary N) is 1. The van der Waals surface area contributed by atoms with Crippen molar-refractivity contribution >= 4 is 11.8 Å². The lowest BCUT2D eigenvalue weighted by Crippen LogP contribution is -2.11. The molecular formula is C9H10FNS. The van der Waals surface area contributed by atoms with Crippen molar-refractivity contribution in [2.45, 2.75) is 5.37 Å². The van der Waals surface area contributed by atoms with Gasteiger partial charge in [0, 0.05) is 12.3 Å². The molecule has 0 aromatic heterocycles. The minimum Gasteiger partial charge on any atom is -0.301 e. The lowest BCUT2D eigenvalue weighted by molar-refractivity contribution is 0.626. The molecule has 1 atom stereocenters. The van der Waals surface area contributed by atoms with Gasteiger partial charge in [0.05, 0.1) is 5.37 Å². The summed E-state index contributed by atoms with van der Waals surface area (Å²) in [4.78, 5) is 0. The van der Waals surface area contributed by atoms with Gasteiger partial charge in [0.1, 0.15) is 5.82 Å². The zero-order valence-corrected chi connectivity index (χ0v) is 7.40. The Hall–Kier alpha value is -0.540. The Morgan fingerprint density at radius 3 is 2.67 bits per heavy atom. The molecule has 1 fully saturated rings. The Morgan fingerprint density at radius 1 is 1.33 bits per heavy atom. The van der Waals surface area contributed by atoms with Crippen molar-refractivity contribution in [1.29, 1.82) is 0 Å². The van der Waals surface area contributed by atoms with Gasteiger partial charge in [-0.3, -0.25) is 0 Å². The van der Waals surface area contributed by atoms with Crippen molar-refractivity contribution in [2.75, 3.05) is 12.3 Å². The van der Waals surface area contributed by atoms with Crippen LogP contribution in [-0.2, 0) is 0 Å². The fraction of sp³-hybridized carbons (Fsp3) is 0.333. The van der Waals surface area contributed by atoms with E-state index >= 15 is 0 Å². The molecule has 12 heavy (non-hydrogen) atoms. The maximum atomic E-state index is 12.5. The molecule has 0 radical (unpaired) electrons. The molecule has 0 amide bonds. The molecule has 1 nitrogen and oxygen atoms in total. The third-order valence-corrected chi connectivity index (χ3v) is 3.10. The molecule has 0 aliphatic carbocycles. The van der Waals surface area contributed by atoms with E-state index in [9.17, 15) is 4.39 Å². The van der Waals surface area contributed by atoms with E-state index in [0.717, 1.165) is 12.3 Å². The van der Waals surface area contributed by atoms with E-state index in [1.54, 1.807) is 0 Å². The minimum absolute atomic E-state index is 0.165. The van der Waals surface area contributed by atoms with Gasteiger partial charge in [0.25, 0.3) is 0 Å². The lowest BCUT2D eigenvalue weighted by Gasteiger charge is -2.08. The van der Waals surface area contributed by atoms with Crippen molar-refractivity contribution in [3.05, 3.63) is 35.6 Å². The van der Waals surface area contributed by atoms with E-state index in [1.165, 1.54) is 17.7 Å². The summed E-state index contributed by atoms with van der Waals surface area (Å²) in [7, 11) is 0. The first-order chi connectivity index (χ1) is 5.86. The molecule has 1 aliphatic rings. The minimum atomic E-state index is -0.165. The van der Waals surface area contributed by atoms with Crippen LogP contribution in [0, 0.1) is 5.82 Å². The standard InChI is InChI=1S/C9H10FNS/c10-8-3-1-7(2-4-8)9-11-5-6-12-9/h1-4,9,11H,5-6H2. The average molecular weight is 183 g/mol. The monoisotopic (exact) mass is 183 g/mol. The van der Waals surface area contributed by atoms with Gasteiger partial charge in [0.2, 0.25) is 0 Å². The highest BCUT2D eigenvalue weighted by atomic mass is 32.2. The van der Waals surface area contributed by atoms with Crippen LogP contribution in [-0.4, -0.2) is 12.3 Å². The second-order valence-electron chi connectivity index (χ2n) is 2.76. The predicted octanol–water partition coefficient (Wildman–Crippen LogP) is 2.16. The smallest absolute Gasteiger partial charge is 0.123 e. The van der Waals surface area contributed by atoms with E-state index in [-0.39, 0.29) is 5.82 Å². The number of hydrogen-bond donors (Lipinski definition) is 1. The van der Waals surface area contributed by atoms with E-state index < -0.39 is 0 Å². The number of rotatable bonds is 1. The normalized spacial score (nSPS) is 22.9. The third kappa shape index (κ3) is 1.62. The first-order valence-corrected chi connectivity index (χ1v) is 5.01. The summed E-state index contributed by atoms with van der Waals surface area (Å²) < 4.78 is 12.5. The van der Waals surface area contributed by atoms with Crippen molar-refractivity contribution < 1.29 is 4.39 Å². The molecule has 0 saturated carbocycles. The molecular weight excluding hydrogens is 173 g/mol. The second-order valence-corrected chi connectivity index (χ2v) is 3.97. The highest BCUT2D eigenvalue weighted by molar-refractivity contribution is 7.99. The molecule has 3 heteroatoms. The summed E-state index contributed by atoms with van der Waals surface area (Å²) in [6.45, 7) is 1.05. The summed E-state index contributed by atoms with van der Waals surface area (Å²) in [6.07, 6.45) is 0. The van der Waals surface area contributed by atoms with E-state index in [4.69, 9.17) is 0 Å². The highest BCUT2D eigenvalue weighted by Crippen LogP contribution is 2.29. The van der Waals surface area contributed by atoms with Crippen LogP contribution in [0.2, 0.25) is 0 Å². The van der Waals surface area contributed by atoms with Gasteiger partial charge >= 0.3 is 0 Å². The van der Waals surface area contributed by atoms with Gasteiger partial charge in [-0.05, 0) is 17.7 Å². The molecule has 1 unspecified atom stereocenters. The summed E-state index contributed by atoms with van der Waals surface area (Å²) in [5.41, 5.74) is 1.17. The summed E-state index contributed by atoms with van der Waals surface area (Å²) in [5, 5.41) is 3.70. The molecule has 2 rings (SSSR count). The average Bonchev–Trinajstić information content (AvgIpc) is 2.58. The van der Waals surface area contributed by atoms with Crippen LogP contribution >= 0.6 is 11.8 Å². The molecule has 1 saturated heterocycles. The fourth-order valence-electron chi connectivity index (χ4n) is 1.28. The maximum Gasteiger partial charge on any atom is 0.123 e. The van der Waals surface area contributed by atoms with Crippen molar-refractivity contribution in [3.63, 3.8) is 0 Å². The Labute approximate surface area is 75.4 Å². The van der Waals surface area contributed by atoms with Crippen LogP contribution in [0.4, 0.5) is 4.39 Å². The van der Waals surface area contributed by atoms with Crippen molar-refractivity contribution in [2.24, 2.45) is 0 Å². The molecule has 0 bridgehead atoms. The Kier molecular flexibility index (Phi) is 2.33. The maximum absolute atomic E-state index is 12.5. The SMILES string of the molecule is Fc1ccc(C2NCCS2)cc1. The first-order valence-electron chi connectivity index (χ1n) is 3.97.